The Labute approximate surface area is 107 Å². The molecule has 1 aliphatic rings. The molecule has 0 amide bonds. The molecule has 0 atom stereocenters. The summed E-state index contributed by atoms with van der Waals surface area (Å²) in [6.07, 6.45) is 1.58. The SMILES string of the molecule is CCN(Cc1ccc(C(=O)OC)cn1)C1CNC1. The van der Waals surface area contributed by atoms with Gasteiger partial charge in [0.15, 0.2) is 0 Å². The molecule has 98 valence electrons. The Bertz CT molecular complexity index is 401. The van der Waals surface area contributed by atoms with Crippen molar-refractivity contribution in [2.75, 3.05) is 26.7 Å². The molecule has 1 aromatic heterocycles. The van der Waals surface area contributed by atoms with E-state index in [0.717, 1.165) is 31.9 Å². The molecule has 1 N–H and O–H groups in total. The Kier molecular flexibility index (Phi) is 4.28. The van der Waals surface area contributed by atoms with E-state index >= 15 is 0 Å². The third-order valence-electron chi connectivity index (χ3n) is 3.29. The predicted molar refractivity (Wildman–Crippen MR) is 68.3 cm³/mol. The van der Waals surface area contributed by atoms with Crippen molar-refractivity contribution in [3.63, 3.8) is 0 Å². The summed E-state index contributed by atoms with van der Waals surface area (Å²) in [6.45, 7) is 6.08. The molecule has 0 aliphatic carbocycles. The molecule has 2 heterocycles. The molecular weight excluding hydrogens is 230 g/mol. The minimum absolute atomic E-state index is 0.343. The molecule has 18 heavy (non-hydrogen) atoms. The highest BCUT2D eigenvalue weighted by Crippen LogP contribution is 2.10. The van der Waals surface area contributed by atoms with E-state index in [9.17, 15) is 4.79 Å². The van der Waals surface area contributed by atoms with Gasteiger partial charge in [0.1, 0.15) is 0 Å². The van der Waals surface area contributed by atoms with E-state index in [1.54, 1.807) is 12.3 Å². The zero-order valence-corrected chi connectivity index (χ0v) is 10.8. The largest absolute Gasteiger partial charge is 0.465 e. The number of esters is 1. The lowest BCUT2D eigenvalue weighted by molar-refractivity contribution is 0.0600. The van der Waals surface area contributed by atoms with Crippen LogP contribution in [0, 0.1) is 0 Å². The van der Waals surface area contributed by atoms with E-state index in [1.165, 1.54) is 7.11 Å². The van der Waals surface area contributed by atoms with Gasteiger partial charge in [0.25, 0.3) is 0 Å². The van der Waals surface area contributed by atoms with Crippen LogP contribution in [0.15, 0.2) is 18.3 Å². The fourth-order valence-corrected chi connectivity index (χ4v) is 2.00. The first-order valence-corrected chi connectivity index (χ1v) is 6.22. The van der Waals surface area contributed by atoms with Crippen molar-refractivity contribution in [2.24, 2.45) is 0 Å². The van der Waals surface area contributed by atoms with Gasteiger partial charge >= 0.3 is 5.97 Å². The second kappa shape index (κ2) is 5.93. The summed E-state index contributed by atoms with van der Waals surface area (Å²) in [7, 11) is 1.37. The van der Waals surface area contributed by atoms with E-state index in [0.29, 0.717) is 11.6 Å². The second-order valence-corrected chi connectivity index (χ2v) is 4.40. The van der Waals surface area contributed by atoms with Crippen LogP contribution >= 0.6 is 0 Å². The first kappa shape index (κ1) is 13.0. The highest BCUT2D eigenvalue weighted by molar-refractivity contribution is 5.88. The van der Waals surface area contributed by atoms with E-state index in [4.69, 9.17) is 0 Å². The number of ether oxygens (including phenoxy) is 1. The summed E-state index contributed by atoms with van der Waals surface area (Å²) in [6, 6.07) is 4.26. The Morgan fingerprint density at radius 1 is 1.56 bits per heavy atom. The van der Waals surface area contributed by atoms with E-state index < -0.39 is 0 Å². The van der Waals surface area contributed by atoms with Crippen LogP contribution in [0.25, 0.3) is 0 Å². The lowest BCUT2D eigenvalue weighted by Crippen LogP contribution is -2.56. The Balaban J connectivity index is 1.98. The van der Waals surface area contributed by atoms with Crippen molar-refractivity contribution in [1.82, 2.24) is 15.2 Å². The summed E-state index contributed by atoms with van der Waals surface area (Å²) < 4.78 is 4.65. The van der Waals surface area contributed by atoms with Crippen molar-refractivity contribution in [2.45, 2.75) is 19.5 Å². The topological polar surface area (TPSA) is 54.5 Å². The Morgan fingerprint density at radius 3 is 2.78 bits per heavy atom. The molecule has 0 spiro atoms. The van der Waals surface area contributed by atoms with Gasteiger partial charge in [0.2, 0.25) is 0 Å². The maximum Gasteiger partial charge on any atom is 0.339 e. The van der Waals surface area contributed by atoms with Gasteiger partial charge in [0, 0.05) is 31.9 Å². The first-order valence-electron chi connectivity index (χ1n) is 6.22. The molecule has 0 unspecified atom stereocenters. The summed E-state index contributed by atoms with van der Waals surface area (Å²) in [5.74, 6) is -0.343. The van der Waals surface area contributed by atoms with Crippen LogP contribution in [-0.2, 0) is 11.3 Å². The van der Waals surface area contributed by atoms with E-state index in [-0.39, 0.29) is 5.97 Å². The minimum Gasteiger partial charge on any atom is -0.465 e. The van der Waals surface area contributed by atoms with Crippen LogP contribution in [0.2, 0.25) is 0 Å². The monoisotopic (exact) mass is 249 g/mol. The van der Waals surface area contributed by atoms with Crippen molar-refractivity contribution in [1.29, 1.82) is 0 Å². The lowest BCUT2D eigenvalue weighted by Gasteiger charge is -2.37. The third kappa shape index (κ3) is 2.86. The van der Waals surface area contributed by atoms with Crippen molar-refractivity contribution < 1.29 is 9.53 Å². The Morgan fingerprint density at radius 2 is 2.33 bits per heavy atom. The molecule has 0 aromatic carbocycles. The number of rotatable bonds is 5. The van der Waals surface area contributed by atoms with Crippen molar-refractivity contribution >= 4 is 5.97 Å². The molecule has 1 aliphatic heterocycles. The molecule has 2 rings (SSSR count). The van der Waals surface area contributed by atoms with Gasteiger partial charge in [-0.25, -0.2) is 4.79 Å². The number of nitrogens with one attached hydrogen (secondary N) is 1. The number of carbonyl (C=O) groups excluding carboxylic acids is 1. The minimum atomic E-state index is -0.343. The van der Waals surface area contributed by atoms with Crippen LogP contribution in [0.3, 0.4) is 0 Å². The van der Waals surface area contributed by atoms with Crippen LogP contribution in [0.1, 0.15) is 23.0 Å². The molecule has 1 aromatic rings. The smallest absolute Gasteiger partial charge is 0.339 e. The van der Waals surface area contributed by atoms with Crippen molar-refractivity contribution in [3.05, 3.63) is 29.6 Å². The normalized spacial score (nSPS) is 15.5. The molecule has 0 bridgehead atoms. The van der Waals surface area contributed by atoms with Crippen LogP contribution in [0.4, 0.5) is 0 Å². The van der Waals surface area contributed by atoms with Crippen molar-refractivity contribution in [3.8, 4) is 0 Å². The van der Waals surface area contributed by atoms with E-state index in [2.05, 4.69) is 26.9 Å². The molecule has 5 heteroatoms. The number of aromatic nitrogens is 1. The van der Waals surface area contributed by atoms with E-state index in [1.807, 2.05) is 6.07 Å². The fraction of sp³-hybridized carbons (Fsp3) is 0.538. The highest BCUT2D eigenvalue weighted by Gasteiger charge is 2.23. The quantitative estimate of drug-likeness (QED) is 0.777. The predicted octanol–water partition coefficient (Wildman–Crippen LogP) is 0.662. The summed E-state index contributed by atoms with van der Waals surface area (Å²) in [5, 5.41) is 3.27. The molecule has 1 fully saturated rings. The van der Waals surface area contributed by atoms with Gasteiger partial charge < -0.3 is 10.1 Å². The molecule has 5 nitrogen and oxygen atoms in total. The number of carbonyl (C=O) groups is 1. The average Bonchev–Trinajstić information content (AvgIpc) is 2.35. The standard InChI is InChI=1S/C13H19N3O2/c1-3-16(12-7-14-8-12)9-11-5-4-10(6-15-11)13(17)18-2/h4-6,12,14H,3,7-9H2,1-2H3. The van der Waals surface area contributed by atoms with Crippen LogP contribution in [0.5, 0.6) is 0 Å². The number of hydrogen-bond donors (Lipinski definition) is 1. The maximum absolute atomic E-state index is 11.3. The van der Waals surface area contributed by atoms with Gasteiger partial charge in [0.05, 0.1) is 18.4 Å². The highest BCUT2D eigenvalue weighted by atomic mass is 16.5. The van der Waals surface area contributed by atoms with Gasteiger partial charge in [-0.15, -0.1) is 0 Å². The Hall–Kier alpha value is -1.46. The summed E-state index contributed by atoms with van der Waals surface area (Å²) >= 11 is 0. The molecule has 1 saturated heterocycles. The number of hydrogen-bond acceptors (Lipinski definition) is 5. The number of likely N-dealkylation sites (N-methyl/N-ethyl adjacent to an activating group) is 1. The first-order chi connectivity index (χ1) is 8.74. The van der Waals surface area contributed by atoms with Gasteiger partial charge in [-0.1, -0.05) is 6.92 Å². The molecule has 0 saturated carbocycles. The maximum atomic E-state index is 11.3. The average molecular weight is 249 g/mol. The van der Waals surface area contributed by atoms with Crippen LogP contribution < -0.4 is 5.32 Å². The number of pyridine rings is 1. The lowest BCUT2D eigenvalue weighted by atomic mass is 10.1. The van der Waals surface area contributed by atoms with Gasteiger partial charge in [-0.3, -0.25) is 9.88 Å². The fourth-order valence-electron chi connectivity index (χ4n) is 2.00. The zero-order chi connectivity index (χ0) is 13.0. The van der Waals surface area contributed by atoms with Gasteiger partial charge in [-0.05, 0) is 18.7 Å². The number of methoxy groups -OCH3 is 1. The zero-order valence-electron chi connectivity index (χ0n) is 10.8. The molecule has 0 radical (unpaired) electrons. The third-order valence-corrected chi connectivity index (χ3v) is 3.29. The second-order valence-electron chi connectivity index (χ2n) is 4.40. The van der Waals surface area contributed by atoms with Crippen LogP contribution in [-0.4, -0.2) is 48.6 Å². The number of nitrogens with zero attached hydrogens (tertiary/aromatic N) is 2. The van der Waals surface area contributed by atoms with Gasteiger partial charge in [-0.2, -0.15) is 0 Å². The molecular formula is C13H19N3O2. The summed E-state index contributed by atoms with van der Waals surface area (Å²) in [5.41, 5.74) is 1.48. The summed E-state index contributed by atoms with van der Waals surface area (Å²) in [4.78, 5) is 18.0.